The molecule has 2 heterocycles. The van der Waals surface area contributed by atoms with Gasteiger partial charge >= 0.3 is 12.4 Å². The number of carbonyl (C=O) groups is 2. The summed E-state index contributed by atoms with van der Waals surface area (Å²) >= 11 is 1.13. The molecule has 0 aliphatic carbocycles. The Morgan fingerprint density at radius 3 is 2.40 bits per heavy atom. The molecule has 45 heavy (non-hydrogen) atoms. The van der Waals surface area contributed by atoms with E-state index in [0.29, 0.717) is 16.9 Å². The highest BCUT2D eigenvalue weighted by Crippen LogP contribution is 2.36. The maximum Gasteiger partial charge on any atom is 0.573 e. The lowest BCUT2D eigenvalue weighted by molar-refractivity contribution is -0.274. The fourth-order valence-corrected chi connectivity index (χ4v) is 5.45. The second kappa shape index (κ2) is 12.7. The van der Waals surface area contributed by atoms with Crippen LogP contribution in [0.15, 0.2) is 72.0 Å². The largest absolute Gasteiger partial charge is 0.573 e. The van der Waals surface area contributed by atoms with Gasteiger partial charge in [0.2, 0.25) is 5.91 Å². The van der Waals surface area contributed by atoms with Gasteiger partial charge in [-0.3, -0.25) is 9.69 Å². The number of aliphatic imine (C=N–C) groups is 1. The van der Waals surface area contributed by atoms with Crippen molar-refractivity contribution in [2.45, 2.75) is 45.9 Å². The van der Waals surface area contributed by atoms with Crippen molar-refractivity contribution in [1.29, 1.82) is 0 Å². The van der Waals surface area contributed by atoms with Crippen molar-refractivity contribution in [3.05, 3.63) is 83.9 Å². The summed E-state index contributed by atoms with van der Waals surface area (Å²) in [6.07, 6.45) is -3.48. The van der Waals surface area contributed by atoms with Crippen molar-refractivity contribution in [2.75, 3.05) is 16.0 Å². The minimum Gasteiger partial charge on any atom is -0.406 e. The van der Waals surface area contributed by atoms with Gasteiger partial charge < -0.3 is 10.1 Å². The van der Waals surface area contributed by atoms with Crippen LogP contribution in [0.3, 0.4) is 0 Å². The number of anilines is 2. The first kappa shape index (κ1) is 31.7. The van der Waals surface area contributed by atoms with Crippen LogP contribution in [0.2, 0.25) is 0 Å². The Hall–Kier alpha value is -4.72. The standard InChI is InChI=1S/C31H28F4N6O3S/c1-17(2)19-5-11-23(18(3)4)26(14-19)41-27(42)15-45-30(41)38-29(43)37-25-12-6-20(13-24(25)32)28-36-16-40(39-28)21-7-9-22(10-8-21)44-31(33,34)35/h5-14,16-18H,15H2,1-4H3,(H,37,43)/b38-30-. The Labute approximate surface area is 260 Å². The topological polar surface area (TPSA) is 102 Å². The third kappa shape index (κ3) is 7.33. The summed E-state index contributed by atoms with van der Waals surface area (Å²) in [5, 5.41) is 6.89. The molecule has 9 nitrogen and oxygen atoms in total. The van der Waals surface area contributed by atoms with Crippen LogP contribution >= 0.6 is 11.8 Å². The van der Waals surface area contributed by atoms with E-state index in [4.69, 9.17) is 0 Å². The van der Waals surface area contributed by atoms with E-state index in [1.165, 1.54) is 40.2 Å². The second-order valence-electron chi connectivity index (χ2n) is 10.7. The number of hydrogen-bond acceptors (Lipinski definition) is 6. The summed E-state index contributed by atoms with van der Waals surface area (Å²) in [5.41, 5.74) is 3.21. The van der Waals surface area contributed by atoms with Gasteiger partial charge in [0.15, 0.2) is 11.0 Å². The number of urea groups is 1. The van der Waals surface area contributed by atoms with E-state index in [0.717, 1.165) is 41.1 Å². The number of hydrogen-bond donors (Lipinski definition) is 1. The molecule has 14 heteroatoms. The van der Waals surface area contributed by atoms with Crippen molar-refractivity contribution in [1.82, 2.24) is 14.8 Å². The van der Waals surface area contributed by atoms with Gasteiger partial charge in [-0.2, -0.15) is 4.99 Å². The van der Waals surface area contributed by atoms with Crippen LogP contribution < -0.4 is 15.0 Å². The van der Waals surface area contributed by atoms with Crippen molar-refractivity contribution in [2.24, 2.45) is 4.99 Å². The van der Waals surface area contributed by atoms with Gasteiger partial charge in [0.25, 0.3) is 0 Å². The van der Waals surface area contributed by atoms with Crippen LogP contribution in [-0.2, 0) is 4.79 Å². The third-order valence-electron chi connectivity index (χ3n) is 6.84. The highest BCUT2D eigenvalue weighted by atomic mass is 32.2. The predicted octanol–water partition coefficient (Wildman–Crippen LogP) is 7.89. The third-order valence-corrected chi connectivity index (χ3v) is 7.77. The number of aromatic nitrogens is 3. The Morgan fingerprint density at radius 2 is 1.76 bits per heavy atom. The normalized spacial score (nSPS) is 14.6. The summed E-state index contributed by atoms with van der Waals surface area (Å²) in [6.45, 7) is 8.15. The van der Waals surface area contributed by atoms with E-state index >= 15 is 4.39 Å². The highest BCUT2D eigenvalue weighted by Gasteiger charge is 2.33. The lowest BCUT2D eigenvalue weighted by Gasteiger charge is -2.23. The first-order chi connectivity index (χ1) is 21.3. The summed E-state index contributed by atoms with van der Waals surface area (Å²) < 4.78 is 57.5. The molecule has 1 N–H and O–H groups in total. The predicted molar refractivity (Wildman–Crippen MR) is 164 cm³/mol. The fraction of sp³-hybridized carbons (Fsp3) is 0.258. The molecule has 0 spiro atoms. The van der Waals surface area contributed by atoms with Gasteiger partial charge in [-0.25, -0.2) is 18.9 Å². The molecule has 1 aliphatic heterocycles. The second-order valence-corrected chi connectivity index (χ2v) is 11.7. The maximum atomic E-state index is 15.1. The van der Waals surface area contributed by atoms with Gasteiger partial charge in [-0.15, -0.1) is 18.3 Å². The summed E-state index contributed by atoms with van der Waals surface area (Å²) in [5.74, 6) is -0.772. The minimum absolute atomic E-state index is 0.113. The maximum absolute atomic E-state index is 15.1. The summed E-state index contributed by atoms with van der Waals surface area (Å²) in [6, 6.07) is 14.1. The van der Waals surface area contributed by atoms with Crippen LogP contribution in [0.1, 0.15) is 50.7 Å². The quantitative estimate of drug-likeness (QED) is 0.206. The number of nitrogens with zero attached hydrogens (tertiary/aromatic N) is 5. The Kier molecular flexibility index (Phi) is 8.96. The lowest BCUT2D eigenvalue weighted by Crippen LogP contribution is -2.31. The first-order valence-electron chi connectivity index (χ1n) is 13.9. The van der Waals surface area contributed by atoms with Crippen LogP contribution in [0.4, 0.5) is 33.7 Å². The molecule has 0 radical (unpaired) electrons. The lowest BCUT2D eigenvalue weighted by atomic mass is 9.94. The first-order valence-corrected chi connectivity index (χ1v) is 14.8. The molecule has 0 atom stereocenters. The Bertz CT molecular complexity index is 1770. The van der Waals surface area contributed by atoms with E-state index in [1.807, 2.05) is 32.0 Å². The van der Waals surface area contributed by atoms with Crippen molar-refractivity contribution in [3.8, 4) is 22.8 Å². The number of nitrogens with one attached hydrogen (secondary N) is 1. The van der Waals surface area contributed by atoms with E-state index in [9.17, 15) is 22.8 Å². The van der Waals surface area contributed by atoms with Gasteiger partial charge in [0.1, 0.15) is 17.9 Å². The number of amides is 3. The number of benzene rings is 3. The van der Waals surface area contributed by atoms with Gasteiger partial charge in [0, 0.05) is 5.56 Å². The molecule has 0 unspecified atom stereocenters. The molecule has 0 saturated carbocycles. The summed E-state index contributed by atoms with van der Waals surface area (Å²) in [7, 11) is 0. The molecule has 1 aromatic heterocycles. The van der Waals surface area contributed by atoms with E-state index in [-0.39, 0.29) is 45.9 Å². The zero-order chi connectivity index (χ0) is 32.5. The highest BCUT2D eigenvalue weighted by molar-refractivity contribution is 8.15. The molecule has 1 aliphatic rings. The SMILES string of the molecule is CC(C)c1ccc(C(C)C)c(N2C(=O)CS/C2=N\C(=O)Nc2ccc(-c3ncn(-c4ccc(OC(F)(F)F)cc4)n3)cc2F)c1. The smallest absolute Gasteiger partial charge is 0.406 e. The fourth-order valence-electron chi connectivity index (χ4n) is 4.59. The van der Waals surface area contributed by atoms with Crippen molar-refractivity contribution < 1.29 is 31.9 Å². The van der Waals surface area contributed by atoms with E-state index < -0.39 is 18.2 Å². The molecule has 4 aromatic rings. The number of thioether (sulfide) groups is 1. The minimum atomic E-state index is -4.81. The average molecular weight is 641 g/mol. The number of halogens is 4. The van der Waals surface area contributed by atoms with Crippen LogP contribution in [0, 0.1) is 5.82 Å². The van der Waals surface area contributed by atoms with Crippen LogP contribution in [-0.4, -0.2) is 44.0 Å². The van der Waals surface area contributed by atoms with Crippen molar-refractivity contribution >= 4 is 40.2 Å². The Balaban J connectivity index is 1.32. The molecule has 1 saturated heterocycles. The monoisotopic (exact) mass is 640 g/mol. The molecule has 3 aromatic carbocycles. The molecule has 3 amide bonds. The van der Waals surface area contributed by atoms with Crippen molar-refractivity contribution in [3.63, 3.8) is 0 Å². The van der Waals surface area contributed by atoms with Crippen LogP contribution in [0.25, 0.3) is 17.1 Å². The number of amidine groups is 1. The molecule has 234 valence electrons. The molecule has 5 rings (SSSR count). The van der Waals surface area contributed by atoms with E-state index in [2.05, 4.69) is 39.0 Å². The molecule has 1 fully saturated rings. The zero-order valence-corrected chi connectivity index (χ0v) is 25.4. The van der Waals surface area contributed by atoms with Gasteiger partial charge in [-0.05, 0) is 71.5 Å². The molecular weight excluding hydrogens is 612 g/mol. The average Bonchev–Trinajstić information content (AvgIpc) is 3.60. The summed E-state index contributed by atoms with van der Waals surface area (Å²) in [4.78, 5) is 35.5. The number of rotatable bonds is 7. The number of ether oxygens (including phenoxy) is 1. The van der Waals surface area contributed by atoms with Gasteiger partial charge in [-0.1, -0.05) is 51.6 Å². The molecule has 0 bridgehead atoms. The van der Waals surface area contributed by atoms with Gasteiger partial charge in [0.05, 0.1) is 22.8 Å². The number of alkyl halides is 3. The Morgan fingerprint density at radius 1 is 1.02 bits per heavy atom. The molecular formula is C31H28F4N6O3S. The van der Waals surface area contributed by atoms with E-state index in [1.54, 1.807) is 0 Å². The van der Waals surface area contributed by atoms with Crippen LogP contribution in [0.5, 0.6) is 5.75 Å². The number of carbonyl (C=O) groups excluding carboxylic acids is 2. The zero-order valence-electron chi connectivity index (χ0n) is 24.6.